The van der Waals surface area contributed by atoms with Crippen LogP contribution in [0.1, 0.15) is 36.1 Å². The molecule has 0 saturated carbocycles. The van der Waals surface area contributed by atoms with Crippen molar-refractivity contribution in [3.63, 3.8) is 0 Å². The molecule has 5 aromatic rings. The summed E-state index contributed by atoms with van der Waals surface area (Å²) in [5, 5.41) is 27.8. The van der Waals surface area contributed by atoms with E-state index in [-0.39, 0.29) is 30.0 Å². The van der Waals surface area contributed by atoms with Gasteiger partial charge in [-0.15, -0.1) is 0 Å². The Morgan fingerprint density at radius 3 is 2.40 bits per heavy atom. The third-order valence-electron chi connectivity index (χ3n) is 9.80. The Hall–Kier alpha value is -4.89. The minimum Gasteiger partial charge on any atom is -0.483 e. The van der Waals surface area contributed by atoms with Crippen LogP contribution in [0.5, 0.6) is 5.88 Å². The number of rotatable bonds is 11. The maximum atomic E-state index is 13.5. The van der Waals surface area contributed by atoms with Crippen LogP contribution in [0.25, 0.3) is 39.2 Å². The number of carboxylic acid groups (broad SMARTS) is 1. The standard InChI is InChI=1S/C39H40Cl2N6O5.CH2O2/c1-22-30(20-42-19-25-10-12-35(49)45-25)39(50)47-15-13-23(17-34(47)44-22)26-5-3-6-27(36(26)40)28-7-4-8-29(37(28)41)31-11-9-24(38(46-31)51-2)18-43-32-14-16-52-21-33(32)48;2-1-3/h3-9,11,13,15,17,25,32-33,42-43,48H,10,12,14,16,18-21H2,1-2H3,(H,45,49);1H,(H,2,3)/t25-,32-,33-;/m0./s1. The van der Waals surface area contributed by atoms with E-state index in [2.05, 4.69) is 16.0 Å². The van der Waals surface area contributed by atoms with Gasteiger partial charge in [0.1, 0.15) is 5.65 Å². The van der Waals surface area contributed by atoms with Crippen LogP contribution in [-0.2, 0) is 27.4 Å². The van der Waals surface area contributed by atoms with Gasteiger partial charge in [-0.1, -0.05) is 65.7 Å². The van der Waals surface area contributed by atoms with Crippen molar-refractivity contribution in [2.45, 2.75) is 57.5 Å². The predicted octanol–water partition coefficient (Wildman–Crippen LogP) is 5.02. The van der Waals surface area contributed by atoms with E-state index in [9.17, 15) is 14.7 Å². The number of carbonyl (C=O) groups excluding carboxylic acids is 1. The number of hydrogen-bond donors (Lipinski definition) is 5. The number of hydrogen-bond acceptors (Lipinski definition) is 10. The van der Waals surface area contributed by atoms with Gasteiger partial charge >= 0.3 is 0 Å². The van der Waals surface area contributed by atoms with Gasteiger partial charge in [0.25, 0.3) is 12.0 Å². The summed E-state index contributed by atoms with van der Waals surface area (Å²) in [7, 11) is 1.58. The molecule has 5 N–H and O–H groups in total. The van der Waals surface area contributed by atoms with Gasteiger partial charge in [0, 0.05) is 84.5 Å². The molecule has 0 aliphatic carbocycles. The molecule has 2 aliphatic rings. The Morgan fingerprint density at radius 1 is 1.00 bits per heavy atom. The van der Waals surface area contributed by atoms with Crippen LogP contribution in [0.3, 0.4) is 0 Å². The number of nitrogens with one attached hydrogen (secondary N) is 3. The number of aliphatic hydroxyl groups is 1. The molecule has 2 aliphatic heterocycles. The fourth-order valence-corrected chi connectivity index (χ4v) is 7.55. The first-order valence-corrected chi connectivity index (χ1v) is 18.6. The Morgan fingerprint density at radius 2 is 1.71 bits per heavy atom. The molecule has 5 heterocycles. The molecule has 0 unspecified atom stereocenters. The fraction of sp³-hybridized carbons (Fsp3) is 0.325. The lowest BCUT2D eigenvalue weighted by atomic mass is 9.97. The van der Waals surface area contributed by atoms with Gasteiger partial charge in [0.05, 0.1) is 41.1 Å². The molecule has 2 saturated heterocycles. The Labute approximate surface area is 327 Å². The maximum Gasteiger partial charge on any atom is 0.290 e. The highest BCUT2D eigenvalue weighted by Crippen LogP contribution is 2.42. The highest BCUT2D eigenvalue weighted by atomic mass is 35.5. The Bertz CT molecular complexity index is 2250. The van der Waals surface area contributed by atoms with Crippen molar-refractivity contribution in [2.75, 3.05) is 26.9 Å². The summed E-state index contributed by atoms with van der Waals surface area (Å²) in [4.78, 5) is 42.9. The minimum absolute atomic E-state index is 0.0615. The van der Waals surface area contributed by atoms with Crippen molar-refractivity contribution in [3.05, 3.63) is 104 Å². The summed E-state index contributed by atoms with van der Waals surface area (Å²) in [5.41, 5.74) is 6.87. The van der Waals surface area contributed by atoms with Gasteiger partial charge < -0.3 is 35.6 Å². The zero-order valence-electron chi connectivity index (χ0n) is 30.4. The molecule has 2 fully saturated rings. The number of benzene rings is 2. The lowest BCUT2D eigenvalue weighted by Gasteiger charge is -2.28. The minimum atomic E-state index is -0.563. The fourth-order valence-electron chi connectivity index (χ4n) is 6.89. The van der Waals surface area contributed by atoms with E-state index >= 15 is 0 Å². The summed E-state index contributed by atoms with van der Waals surface area (Å²) in [5.74, 6) is 0.529. The topological polar surface area (TPSA) is 176 Å². The van der Waals surface area contributed by atoms with E-state index in [4.69, 9.17) is 52.5 Å². The van der Waals surface area contributed by atoms with Crippen molar-refractivity contribution in [1.82, 2.24) is 30.3 Å². The number of aromatic nitrogens is 3. The van der Waals surface area contributed by atoms with Crippen molar-refractivity contribution in [3.8, 4) is 39.4 Å². The number of amides is 1. The molecule has 3 aromatic heterocycles. The molecule has 2 aromatic carbocycles. The summed E-state index contributed by atoms with van der Waals surface area (Å²) in [6, 6.07) is 19.1. The molecular formula is C40H42Cl2N6O7. The average Bonchev–Trinajstić information content (AvgIpc) is 3.60. The summed E-state index contributed by atoms with van der Waals surface area (Å²) in [6.45, 7) is 3.93. The van der Waals surface area contributed by atoms with Gasteiger partial charge in [0.15, 0.2) is 0 Å². The maximum absolute atomic E-state index is 13.5. The van der Waals surface area contributed by atoms with E-state index in [0.717, 1.165) is 46.2 Å². The van der Waals surface area contributed by atoms with E-state index in [1.807, 2.05) is 67.6 Å². The number of nitrogens with zero attached hydrogens (tertiary/aromatic N) is 3. The number of halogens is 2. The molecule has 15 heteroatoms. The van der Waals surface area contributed by atoms with Crippen LogP contribution in [0.15, 0.2) is 71.7 Å². The number of aliphatic hydroxyl groups excluding tert-OH is 1. The molecule has 288 valence electrons. The number of pyridine rings is 2. The molecule has 13 nitrogen and oxygen atoms in total. The second kappa shape index (κ2) is 18.2. The molecule has 7 rings (SSSR count). The van der Waals surface area contributed by atoms with Crippen molar-refractivity contribution in [1.29, 1.82) is 0 Å². The van der Waals surface area contributed by atoms with Crippen LogP contribution in [-0.4, -0.2) is 82.0 Å². The summed E-state index contributed by atoms with van der Waals surface area (Å²) >= 11 is 14.2. The smallest absolute Gasteiger partial charge is 0.290 e. The molecule has 0 spiro atoms. The number of methoxy groups -OCH3 is 1. The summed E-state index contributed by atoms with van der Waals surface area (Å²) < 4.78 is 12.5. The first kappa shape index (κ1) is 39.8. The SMILES string of the molecule is COc1nc(-c2cccc(-c3cccc(-c4ccn5c(=O)c(CNC[C@@H]6CCC(=O)N6)c(C)nc5c4)c3Cl)c2Cl)ccc1CN[C@H]1CCOC[C@@H]1O.O=CO. The van der Waals surface area contributed by atoms with Crippen LogP contribution in [0, 0.1) is 6.92 Å². The van der Waals surface area contributed by atoms with Gasteiger partial charge in [-0.05, 0) is 43.5 Å². The zero-order valence-corrected chi connectivity index (χ0v) is 31.9. The quantitative estimate of drug-likeness (QED) is 0.114. The van der Waals surface area contributed by atoms with Crippen molar-refractivity contribution < 1.29 is 29.3 Å². The van der Waals surface area contributed by atoms with E-state index in [1.165, 1.54) is 0 Å². The van der Waals surface area contributed by atoms with Gasteiger partial charge in [-0.2, -0.15) is 0 Å². The van der Waals surface area contributed by atoms with E-state index < -0.39 is 6.10 Å². The molecule has 55 heavy (non-hydrogen) atoms. The monoisotopic (exact) mass is 788 g/mol. The van der Waals surface area contributed by atoms with Crippen LogP contribution in [0.4, 0.5) is 0 Å². The van der Waals surface area contributed by atoms with E-state index in [0.29, 0.717) is 77.8 Å². The second-order valence-electron chi connectivity index (χ2n) is 13.3. The number of aryl methyl sites for hydroxylation is 1. The third-order valence-corrected chi connectivity index (χ3v) is 10.6. The number of carbonyl (C=O) groups is 2. The Kier molecular flexibility index (Phi) is 13.1. The lowest BCUT2D eigenvalue weighted by Crippen LogP contribution is -2.46. The molecular weight excluding hydrogens is 747 g/mol. The molecule has 0 bridgehead atoms. The second-order valence-corrected chi connectivity index (χ2v) is 14.0. The summed E-state index contributed by atoms with van der Waals surface area (Å²) in [6.07, 6.45) is 3.20. The third kappa shape index (κ3) is 8.99. The van der Waals surface area contributed by atoms with Crippen molar-refractivity contribution in [2.24, 2.45) is 0 Å². The predicted molar refractivity (Wildman–Crippen MR) is 211 cm³/mol. The normalized spacial score (nSPS) is 18.1. The largest absolute Gasteiger partial charge is 0.483 e. The van der Waals surface area contributed by atoms with Gasteiger partial charge in [-0.3, -0.25) is 18.8 Å². The molecule has 0 radical (unpaired) electrons. The van der Waals surface area contributed by atoms with Crippen LogP contribution < -0.4 is 26.2 Å². The average molecular weight is 790 g/mol. The highest BCUT2D eigenvalue weighted by molar-refractivity contribution is 6.39. The number of fused-ring (bicyclic) bond motifs is 1. The lowest BCUT2D eigenvalue weighted by molar-refractivity contribution is -0.123. The van der Waals surface area contributed by atoms with Crippen LogP contribution >= 0.6 is 23.2 Å². The first-order valence-electron chi connectivity index (χ1n) is 17.8. The molecule has 1 amide bonds. The van der Waals surface area contributed by atoms with Crippen LogP contribution in [0.2, 0.25) is 10.0 Å². The highest BCUT2D eigenvalue weighted by Gasteiger charge is 2.24. The van der Waals surface area contributed by atoms with Gasteiger partial charge in [-0.25, -0.2) is 9.97 Å². The number of ether oxygens (including phenoxy) is 2. The Balaban J connectivity index is 0.00000166. The molecule has 3 atom stereocenters. The first-order chi connectivity index (χ1) is 26.6. The van der Waals surface area contributed by atoms with Gasteiger partial charge in [0.2, 0.25) is 11.8 Å². The zero-order chi connectivity index (χ0) is 39.1. The van der Waals surface area contributed by atoms with E-state index in [1.54, 1.807) is 17.7 Å². The van der Waals surface area contributed by atoms with Crippen molar-refractivity contribution >= 4 is 41.2 Å².